The Morgan fingerprint density at radius 2 is 2.04 bits per heavy atom. The molecule has 1 atom stereocenters. The SMILES string of the molecule is CCN(CC)CCC[C@H](C)NC(=O)c1ccc(N2CCOCC2)nc1. The molecule has 6 heteroatoms. The maximum absolute atomic E-state index is 12.4. The highest BCUT2D eigenvalue weighted by Crippen LogP contribution is 2.13. The minimum Gasteiger partial charge on any atom is -0.378 e. The van der Waals surface area contributed by atoms with Crippen LogP contribution in [0, 0.1) is 0 Å². The van der Waals surface area contributed by atoms with E-state index in [4.69, 9.17) is 4.74 Å². The summed E-state index contributed by atoms with van der Waals surface area (Å²) in [5.41, 5.74) is 0.618. The number of nitrogens with zero attached hydrogens (tertiary/aromatic N) is 3. The van der Waals surface area contributed by atoms with Gasteiger partial charge in [0, 0.05) is 25.3 Å². The quantitative estimate of drug-likeness (QED) is 0.741. The Balaban J connectivity index is 1.77. The van der Waals surface area contributed by atoms with E-state index < -0.39 is 0 Å². The van der Waals surface area contributed by atoms with Crippen LogP contribution in [-0.4, -0.2) is 67.8 Å². The monoisotopic (exact) mass is 348 g/mol. The molecule has 1 aromatic heterocycles. The van der Waals surface area contributed by atoms with E-state index in [9.17, 15) is 4.79 Å². The number of anilines is 1. The largest absolute Gasteiger partial charge is 0.378 e. The first kappa shape index (κ1) is 19.7. The highest BCUT2D eigenvalue weighted by atomic mass is 16.5. The first-order valence-corrected chi connectivity index (χ1v) is 9.46. The summed E-state index contributed by atoms with van der Waals surface area (Å²) >= 11 is 0. The number of carbonyl (C=O) groups is 1. The van der Waals surface area contributed by atoms with Crippen molar-refractivity contribution in [2.75, 3.05) is 50.8 Å². The molecule has 0 aliphatic carbocycles. The molecule has 1 aliphatic heterocycles. The molecule has 1 saturated heterocycles. The fourth-order valence-corrected chi connectivity index (χ4v) is 3.04. The number of aromatic nitrogens is 1. The third-order valence-electron chi connectivity index (χ3n) is 4.73. The molecule has 0 radical (unpaired) electrons. The van der Waals surface area contributed by atoms with Gasteiger partial charge in [0.1, 0.15) is 5.82 Å². The van der Waals surface area contributed by atoms with E-state index in [1.807, 2.05) is 12.1 Å². The van der Waals surface area contributed by atoms with Crippen LogP contribution < -0.4 is 10.2 Å². The van der Waals surface area contributed by atoms with E-state index in [0.29, 0.717) is 5.56 Å². The topological polar surface area (TPSA) is 57.7 Å². The molecular weight excluding hydrogens is 316 g/mol. The zero-order valence-electron chi connectivity index (χ0n) is 15.8. The standard InChI is InChI=1S/C19H32N4O2/c1-4-22(5-2)10-6-7-16(3)21-19(24)17-8-9-18(20-15-17)23-11-13-25-14-12-23/h8-9,15-16H,4-7,10-14H2,1-3H3,(H,21,24)/t16-/m0/s1. The van der Waals surface area contributed by atoms with Gasteiger partial charge >= 0.3 is 0 Å². The van der Waals surface area contributed by atoms with Crippen molar-refractivity contribution in [3.63, 3.8) is 0 Å². The predicted octanol–water partition coefficient (Wildman–Crippen LogP) is 2.16. The molecule has 0 aromatic carbocycles. The fourth-order valence-electron chi connectivity index (χ4n) is 3.04. The van der Waals surface area contributed by atoms with Crippen molar-refractivity contribution in [2.45, 2.75) is 39.7 Å². The van der Waals surface area contributed by atoms with Crippen LogP contribution in [0.2, 0.25) is 0 Å². The zero-order chi connectivity index (χ0) is 18.1. The average molecular weight is 348 g/mol. The summed E-state index contributed by atoms with van der Waals surface area (Å²) in [7, 11) is 0. The van der Waals surface area contributed by atoms with Crippen molar-refractivity contribution in [1.29, 1.82) is 0 Å². The van der Waals surface area contributed by atoms with Gasteiger partial charge in [0.15, 0.2) is 0 Å². The van der Waals surface area contributed by atoms with Crippen molar-refractivity contribution < 1.29 is 9.53 Å². The van der Waals surface area contributed by atoms with Gasteiger partial charge in [-0.1, -0.05) is 13.8 Å². The van der Waals surface area contributed by atoms with Crippen LogP contribution in [0.4, 0.5) is 5.82 Å². The Morgan fingerprint density at radius 1 is 1.32 bits per heavy atom. The number of hydrogen-bond donors (Lipinski definition) is 1. The molecule has 1 aromatic rings. The van der Waals surface area contributed by atoms with Crippen LogP contribution in [0.25, 0.3) is 0 Å². The summed E-state index contributed by atoms with van der Waals surface area (Å²) < 4.78 is 5.35. The molecule has 0 saturated carbocycles. The van der Waals surface area contributed by atoms with E-state index in [0.717, 1.165) is 64.6 Å². The second-order valence-corrected chi connectivity index (χ2v) is 6.55. The van der Waals surface area contributed by atoms with Crippen molar-refractivity contribution in [1.82, 2.24) is 15.2 Å². The number of hydrogen-bond acceptors (Lipinski definition) is 5. The second-order valence-electron chi connectivity index (χ2n) is 6.55. The molecule has 0 bridgehead atoms. The first-order chi connectivity index (χ1) is 12.1. The fraction of sp³-hybridized carbons (Fsp3) is 0.684. The number of carbonyl (C=O) groups excluding carboxylic acids is 1. The lowest BCUT2D eigenvalue weighted by Gasteiger charge is -2.27. The number of ether oxygens (including phenoxy) is 1. The number of rotatable bonds is 9. The van der Waals surface area contributed by atoms with E-state index in [-0.39, 0.29) is 11.9 Å². The summed E-state index contributed by atoms with van der Waals surface area (Å²) in [6.07, 6.45) is 3.75. The van der Waals surface area contributed by atoms with Gasteiger partial charge in [0.25, 0.3) is 5.91 Å². The molecule has 140 valence electrons. The molecule has 6 nitrogen and oxygen atoms in total. The maximum Gasteiger partial charge on any atom is 0.253 e. The Labute approximate surface area is 151 Å². The summed E-state index contributed by atoms with van der Waals surface area (Å²) in [5, 5.41) is 3.07. The van der Waals surface area contributed by atoms with Crippen molar-refractivity contribution in [3.8, 4) is 0 Å². The lowest BCUT2D eigenvalue weighted by Crippen LogP contribution is -2.37. The van der Waals surface area contributed by atoms with Crippen molar-refractivity contribution in [2.24, 2.45) is 0 Å². The van der Waals surface area contributed by atoms with Gasteiger partial charge in [-0.15, -0.1) is 0 Å². The molecule has 2 rings (SSSR count). The Bertz CT molecular complexity index is 511. The summed E-state index contributed by atoms with van der Waals surface area (Å²) in [4.78, 5) is 21.4. The molecule has 2 heterocycles. The summed E-state index contributed by atoms with van der Waals surface area (Å²) in [5.74, 6) is 0.864. The van der Waals surface area contributed by atoms with Gasteiger partial charge in [-0.05, 0) is 51.5 Å². The minimum atomic E-state index is -0.0450. The number of amides is 1. The van der Waals surface area contributed by atoms with Crippen LogP contribution in [-0.2, 0) is 4.74 Å². The lowest BCUT2D eigenvalue weighted by molar-refractivity contribution is 0.0936. The van der Waals surface area contributed by atoms with Crippen molar-refractivity contribution in [3.05, 3.63) is 23.9 Å². The molecule has 1 amide bonds. The molecular formula is C19H32N4O2. The third kappa shape index (κ3) is 6.29. The Kier molecular flexibility index (Phi) is 8.15. The first-order valence-electron chi connectivity index (χ1n) is 9.46. The number of pyridine rings is 1. The van der Waals surface area contributed by atoms with Crippen LogP contribution in [0.3, 0.4) is 0 Å². The highest BCUT2D eigenvalue weighted by molar-refractivity contribution is 5.94. The highest BCUT2D eigenvalue weighted by Gasteiger charge is 2.14. The summed E-state index contributed by atoms with van der Waals surface area (Å²) in [6, 6.07) is 3.95. The minimum absolute atomic E-state index is 0.0450. The van der Waals surface area contributed by atoms with Crippen LogP contribution in [0.5, 0.6) is 0 Å². The molecule has 25 heavy (non-hydrogen) atoms. The van der Waals surface area contributed by atoms with Crippen LogP contribution in [0.1, 0.15) is 44.0 Å². The predicted molar refractivity (Wildman–Crippen MR) is 101 cm³/mol. The van der Waals surface area contributed by atoms with E-state index in [2.05, 4.69) is 40.9 Å². The molecule has 0 spiro atoms. The van der Waals surface area contributed by atoms with Gasteiger partial charge in [-0.3, -0.25) is 4.79 Å². The van der Waals surface area contributed by atoms with Crippen molar-refractivity contribution >= 4 is 11.7 Å². The molecule has 0 unspecified atom stereocenters. The van der Waals surface area contributed by atoms with E-state index in [1.54, 1.807) is 6.20 Å². The Morgan fingerprint density at radius 3 is 2.64 bits per heavy atom. The lowest BCUT2D eigenvalue weighted by atomic mass is 10.1. The molecule has 1 fully saturated rings. The number of morpholine rings is 1. The smallest absolute Gasteiger partial charge is 0.253 e. The normalized spacial score (nSPS) is 16.1. The maximum atomic E-state index is 12.4. The van der Waals surface area contributed by atoms with Gasteiger partial charge < -0.3 is 19.9 Å². The van der Waals surface area contributed by atoms with Gasteiger partial charge in [0.2, 0.25) is 0 Å². The molecule has 1 N–H and O–H groups in total. The molecule has 1 aliphatic rings. The van der Waals surface area contributed by atoms with E-state index in [1.165, 1.54) is 0 Å². The van der Waals surface area contributed by atoms with Gasteiger partial charge in [-0.2, -0.15) is 0 Å². The zero-order valence-corrected chi connectivity index (χ0v) is 15.8. The summed E-state index contributed by atoms with van der Waals surface area (Å²) in [6.45, 7) is 12.8. The van der Waals surface area contributed by atoms with E-state index >= 15 is 0 Å². The average Bonchev–Trinajstić information content (AvgIpc) is 2.66. The Hall–Kier alpha value is -1.66. The third-order valence-corrected chi connectivity index (χ3v) is 4.73. The van der Waals surface area contributed by atoms with Crippen LogP contribution >= 0.6 is 0 Å². The van der Waals surface area contributed by atoms with Gasteiger partial charge in [-0.25, -0.2) is 4.98 Å². The second kappa shape index (κ2) is 10.4. The van der Waals surface area contributed by atoms with Crippen LogP contribution in [0.15, 0.2) is 18.3 Å². The van der Waals surface area contributed by atoms with Gasteiger partial charge in [0.05, 0.1) is 18.8 Å². The number of nitrogens with one attached hydrogen (secondary N) is 1.